The van der Waals surface area contributed by atoms with Crippen LogP contribution in [0, 0.1) is 0 Å². The second-order valence-electron chi connectivity index (χ2n) is 9.45. The highest BCUT2D eigenvalue weighted by atomic mass is 16.1. The van der Waals surface area contributed by atoms with E-state index in [1.807, 2.05) is 30.3 Å². The zero-order valence-electron chi connectivity index (χ0n) is 19.2. The van der Waals surface area contributed by atoms with Crippen molar-refractivity contribution >= 4 is 16.8 Å². The summed E-state index contributed by atoms with van der Waals surface area (Å²) >= 11 is 0. The predicted octanol–water partition coefficient (Wildman–Crippen LogP) is 5.35. The molecule has 0 bridgehead atoms. The number of carbonyl (C=O) groups excluding carboxylic acids is 1. The molecule has 1 amide bonds. The highest BCUT2D eigenvalue weighted by Gasteiger charge is 2.30. The third-order valence-electron chi connectivity index (χ3n) is 6.62. The van der Waals surface area contributed by atoms with Crippen molar-refractivity contribution < 1.29 is 4.79 Å². The van der Waals surface area contributed by atoms with Crippen molar-refractivity contribution in [3.05, 3.63) is 95.8 Å². The lowest BCUT2D eigenvalue weighted by Gasteiger charge is -2.22. The van der Waals surface area contributed by atoms with E-state index in [4.69, 9.17) is 9.97 Å². The molecule has 5 heteroatoms. The van der Waals surface area contributed by atoms with Crippen molar-refractivity contribution in [2.45, 2.75) is 50.9 Å². The Balaban J connectivity index is 1.24. The maximum absolute atomic E-state index is 12.3. The van der Waals surface area contributed by atoms with Crippen molar-refractivity contribution in [1.82, 2.24) is 20.2 Å². The number of carbonyl (C=O) groups is 1. The lowest BCUT2D eigenvalue weighted by molar-refractivity contribution is 0.0951. The molecule has 0 spiro atoms. The fraction of sp³-hybridized carbons (Fsp3) is 0.276. The minimum atomic E-state index is 0.0334. The Morgan fingerprint density at radius 1 is 0.824 bits per heavy atom. The molecule has 0 atom stereocenters. The average molecular weight is 449 g/mol. The topological polar surface area (TPSA) is 58.1 Å². The number of para-hydroxylation sites is 1. The molecule has 5 nitrogen and oxygen atoms in total. The third kappa shape index (κ3) is 4.70. The average Bonchev–Trinajstić information content (AvgIpc) is 3.79. The summed E-state index contributed by atoms with van der Waals surface area (Å²) in [5, 5.41) is 4.14. The van der Waals surface area contributed by atoms with E-state index in [0.717, 1.165) is 52.9 Å². The molecular formula is C29H28N4O. The van der Waals surface area contributed by atoms with Gasteiger partial charge in [-0.25, -0.2) is 9.97 Å². The summed E-state index contributed by atoms with van der Waals surface area (Å²) in [4.78, 5) is 24.7. The molecule has 4 aromatic rings. The molecule has 0 radical (unpaired) electrons. The minimum Gasteiger partial charge on any atom is -0.349 e. The number of hydrogen-bond acceptors (Lipinski definition) is 4. The van der Waals surface area contributed by atoms with E-state index < -0.39 is 0 Å². The van der Waals surface area contributed by atoms with E-state index in [9.17, 15) is 4.79 Å². The predicted molar refractivity (Wildman–Crippen MR) is 134 cm³/mol. The van der Waals surface area contributed by atoms with E-state index in [1.165, 1.54) is 18.4 Å². The van der Waals surface area contributed by atoms with Crippen molar-refractivity contribution in [3.8, 4) is 11.3 Å². The van der Waals surface area contributed by atoms with Gasteiger partial charge in [-0.15, -0.1) is 0 Å². The largest absolute Gasteiger partial charge is 0.349 e. The van der Waals surface area contributed by atoms with Crippen LogP contribution in [0.1, 0.15) is 47.4 Å². The van der Waals surface area contributed by atoms with Gasteiger partial charge in [0.25, 0.3) is 5.91 Å². The number of fused-ring (bicyclic) bond motifs is 1. The Morgan fingerprint density at radius 2 is 1.56 bits per heavy atom. The normalized spacial score (nSPS) is 15.6. The van der Waals surface area contributed by atoms with E-state index in [2.05, 4.69) is 58.7 Å². The van der Waals surface area contributed by atoms with Gasteiger partial charge in [-0.3, -0.25) is 9.69 Å². The van der Waals surface area contributed by atoms with E-state index in [0.29, 0.717) is 18.6 Å². The smallest absolute Gasteiger partial charge is 0.251 e. The van der Waals surface area contributed by atoms with Gasteiger partial charge in [0.05, 0.1) is 17.8 Å². The molecule has 0 saturated heterocycles. The number of benzene rings is 3. The van der Waals surface area contributed by atoms with E-state index in [-0.39, 0.29) is 5.91 Å². The molecule has 3 aromatic carbocycles. The Hall–Kier alpha value is -3.57. The summed E-state index contributed by atoms with van der Waals surface area (Å²) in [5.41, 5.74) is 5.02. The molecule has 6 rings (SSSR count). The lowest BCUT2D eigenvalue weighted by Crippen LogP contribution is -2.27. The molecule has 2 fully saturated rings. The fourth-order valence-corrected chi connectivity index (χ4v) is 4.44. The van der Waals surface area contributed by atoms with Crippen molar-refractivity contribution in [1.29, 1.82) is 0 Å². The number of nitrogens with zero attached hydrogens (tertiary/aromatic N) is 3. The monoisotopic (exact) mass is 448 g/mol. The summed E-state index contributed by atoms with van der Waals surface area (Å²) in [5.74, 6) is 0.885. The molecule has 0 unspecified atom stereocenters. The van der Waals surface area contributed by atoms with Crippen LogP contribution >= 0.6 is 0 Å². The maximum Gasteiger partial charge on any atom is 0.251 e. The number of amides is 1. The number of rotatable bonds is 8. The van der Waals surface area contributed by atoms with Crippen LogP contribution in [-0.2, 0) is 13.1 Å². The Morgan fingerprint density at radius 3 is 2.29 bits per heavy atom. The molecule has 2 saturated carbocycles. The van der Waals surface area contributed by atoms with Gasteiger partial charge in [0.15, 0.2) is 0 Å². The first-order valence-corrected chi connectivity index (χ1v) is 12.2. The Labute approximate surface area is 199 Å². The van der Waals surface area contributed by atoms with Crippen LogP contribution in [-0.4, -0.2) is 32.9 Å². The summed E-state index contributed by atoms with van der Waals surface area (Å²) in [6.45, 7) is 1.53. The quantitative estimate of drug-likeness (QED) is 0.395. The number of nitrogens with one attached hydrogen (secondary N) is 1. The molecule has 1 aromatic heterocycles. The van der Waals surface area contributed by atoms with Crippen LogP contribution in [0.5, 0.6) is 0 Å². The lowest BCUT2D eigenvalue weighted by atomic mass is 10.1. The second-order valence-corrected chi connectivity index (χ2v) is 9.45. The highest BCUT2D eigenvalue weighted by Crippen LogP contribution is 2.31. The van der Waals surface area contributed by atoms with Crippen LogP contribution in [0.3, 0.4) is 0 Å². The second kappa shape index (κ2) is 8.99. The highest BCUT2D eigenvalue weighted by molar-refractivity contribution is 5.94. The van der Waals surface area contributed by atoms with Crippen molar-refractivity contribution in [2.75, 3.05) is 0 Å². The summed E-state index contributed by atoms with van der Waals surface area (Å²) in [6.07, 6.45) is 4.62. The number of aromatic nitrogens is 2. The molecule has 34 heavy (non-hydrogen) atoms. The first-order chi connectivity index (χ1) is 16.7. The van der Waals surface area contributed by atoms with Gasteiger partial charge < -0.3 is 5.32 Å². The Bertz CT molecular complexity index is 1310. The van der Waals surface area contributed by atoms with Gasteiger partial charge in [0.1, 0.15) is 5.82 Å². The standard InChI is InChI=1S/C29H28N4O/c34-29(30-23-14-15-23)22-12-10-20(11-13-22)18-33(24-16-17-24)19-27-31-26-9-5-4-8-25(26)28(32-27)21-6-2-1-3-7-21/h1-13,23-24H,14-19H2,(H,30,34). The first-order valence-electron chi connectivity index (χ1n) is 12.2. The fourth-order valence-electron chi connectivity index (χ4n) is 4.44. The van der Waals surface area contributed by atoms with E-state index in [1.54, 1.807) is 0 Å². The molecule has 0 aliphatic heterocycles. The van der Waals surface area contributed by atoms with Gasteiger partial charge in [0, 0.05) is 35.1 Å². The van der Waals surface area contributed by atoms with E-state index >= 15 is 0 Å². The zero-order chi connectivity index (χ0) is 22.9. The molecule has 2 aliphatic carbocycles. The van der Waals surface area contributed by atoms with Gasteiger partial charge >= 0.3 is 0 Å². The molecule has 170 valence electrons. The van der Waals surface area contributed by atoms with Gasteiger partial charge in [-0.2, -0.15) is 0 Å². The van der Waals surface area contributed by atoms with Gasteiger partial charge in [0.2, 0.25) is 0 Å². The third-order valence-corrected chi connectivity index (χ3v) is 6.62. The van der Waals surface area contributed by atoms with Crippen molar-refractivity contribution in [2.24, 2.45) is 0 Å². The van der Waals surface area contributed by atoms with Crippen LogP contribution in [0.25, 0.3) is 22.2 Å². The van der Waals surface area contributed by atoms with Crippen LogP contribution in [0.15, 0.2) is 78.9 Å². The zero-order valence-corrected chi connectivity index (χ0v) is 19.2. The first kappa shape index (κ1) is 21.0. The van der Waals surface area contributed by atoms with Crippen LogP contribution in [0.2, 0.25) is 0 Å². The molecule has 1 heterocycles. The van der Waals surface area contributed by atoms with Gasteiger partial charge in [-0.05, 0) is 49.4 Å². The van der Waals surface area contributed by atoms with Crippen LogP contribution in [0.4, 0.5) is 0 Å². The van der Waals surface area contributed by atoms with Crippen LogP contribution < -0.4 is 5.32 Å². The molecule has 1 N–H and O–H groups in total. The van der Waals surface area contributed by atoms with Crippen molar-refractivity contribution in [3.63, 3.8) is 0 Å². The Kier molecular flexibility index (Phi) is 5.55. The maximum atomic E-state index is 12.3. The SMILES string of the molecule is O=C(NC1CC1)c1ccc(CN(Cc2nc(-c3ccccc3)c3ccccc3n2)C2CC2)cc1. The number of hydrogen-bond donors (Lipinski definition) is 1. The summed E-state index contributed by atoms with van der Waals surface area (Å²) in [7, 11) is 0. The summed E-state index contributed by atoms with van der Waals surface area (Å²) < 4.78 is 0. The minimum absolute atomic E-state index is 0.0334. The molecule has 2 aliphatic rings. The molecular weight excluding hydrogens is 420 g/mol. The van der Waals surface area contributed by atoms with Gasteiger partial charge in [-0.1, -0.05) is 60.7 Å². The summed E-state index contributed by atoms with van der Waals surface area (Å²) in [6, 6.07) is 27.6.